The van der Waals surface area contributed by atoms with Gasteiger partial charge in [0.25, 0.3) is 11.6 Å². The first-order valence-electron chi connectivity index (χ1n) is 9.56. The van der Waals surface area contributed by atoms with Crippen LogP contribution in [0.25, 0.3) is 0 Å². The first-order chi connectivity index (χ1) is 12.2. The average Bonchev–Trinajstić information content (AvgIpc) is 3.14. The number of hydrogen-bond donors (Lipinski definition) is 0. The van der Waals surface area contributed by atoms with Crippen LogP contribution in [0.4, 0.5) is 0 Å². The lowest BCUT2D eigenvalue weighted by Crippen LogP contribution is -2.41. The normalized spacial score (nSPS) is 24.4. The van der Waals surface area contributed by atoms with E-state index < -0.39 is 11.6 Å². The molecule has 5 nitrogen and oxygen atoms in total. The molecule has 0 radical (unpaired) electrons. The molecule has 5 heteroatoms. The molecule has 2 aliphatic carbocycles. The number of nitriles is 1. The fourth-order valence-corrected chi connectivity index (χ4v) is 4.67. The molecule has 0 unspecified atom stereocenters. The second-order valence-corrected chi connectivity index (χ2v) is 7.70. The molecule has 2 fully saturated rings. The van der Waals surface area contributed by atoms with E-state index in [-0.39, 0.29) is 6.42 Å². The van der Waals surface area contributed by atoms with E-state index in [2.05, 4.69) is 6.07 Å². The highest BCUT2D eigenvalue weighted by molar-refractivity contribution is 5.64. The smallest absolute Gasteiger partial charge is 0.251 e. The van der Waals surface area contributed by atoms with E-state index in [9.17, 15) is 5.26 Å². The maximum Gasteiger partial charge on any atom is 0.251 e. The Kier molecular flexibility index (Phi) is 3.31. The van der Waals surface area contributed by atoms with E-state index in [0.717, 1.165) is 56.9 Å². The molecule has 2 spiro atoms. The molecule has 1 aromatic rings. The molecule has 2 saturated carbocycles. The molecular formula is C20H23NO4. The molecule has 0 bridgehead atoms. The Labute approximate surface area is 147 Å². The van der Waals surface area contributed by atoms with Crippen molar-refractivity contribution < 1.29 is 18.9 Å². The van der Waals surface area contributed by atoms with Gasteiger partial charge < -0.3 is 18.9 Å². The topological polar surface area (TPSA) is 60.7 Å². The quantitative estimate of drug-likeness (QED) is 0.746. The van der Waals surface area contributed by atoms with E-state index in [4.69, 9.17) is 18.9 Å². The van der Waals surface area contributed by atoms with Crippen LogP contribution in [0.1, 0.15) is 69.8 Å². The van der Waals surface area contributed by atoms with Crippen LogP contribution >= 0.6 is 0 Å². The molecule has 0 N–H and O–H groups in total. The zero-order valence-corrected chi connectivity index (χ0v) is 14.4. The van der Waals surface area contributed by atoms with Crippen LogP contribution in [-0.4, -0.2) is 11.6 Å². The van der Waals surface area contributed by atoms with Gasteiger partial charge in [-0.3, -0.25) is 0 Å². The highest BCUT2D eigenvalue weighted by atomic mass is 16.7. The van der Waals surface area contributed by atoms with Crippen molar-refractivity contribution in [3.8, 4) is 29.1 Å². The predicted octanol–water partition coefficient (Wildman–Crippen LogP) is 4.62. The maximum absolute atomic E-state index is 9.34. The molecule has 25 heavy (non-hydrogen) atoms. The van der Waals surface area contributed by atoms with Crippen molar-refractivity contribution >= 4 is 0 Å². The molecule has 5 rings (SSSR count). The Morgan fingerprint density at radius 2 is 1.24 bits per heavy atom. The molecule has 0 amide bonds. The highest BCUT2D eigenvalue weighted by Crippen LogP contribution is 2.57. The number of hydrogen-bond acceptors (Lipinski definition) is 5. The monoisotopic (exact) mass is 341 g/mol. The summed E-state index contributed by atoms with van der Waals surface area (Å²) in [6.07, 6.45) is 10.7. The first kappa shape index (κ1) is 15.2. The van der Waals surface area contributed by atoms with E-state index in [0.29, 0.717) is 23.0 Å². The Morgan fingerprint density at radius 3 is 1.68 bits per heavy atom. The van der Waals surface area contributed by atoms with Crippen LogP contribution in [0.5, 0.6) is 23.0 Å². The van der Waals surface area contributed by atoms with Gasteiger partial charge in [-0.2, -0.15) is 5.26 Å². The van der Waals surface area contributed by atoms with Crippen LogP contribution in [0, 0.1) is 11.3 Å². The lowest BCUT2D eigenvalue weighted by atomic mass is 9.94. The molecule has 0 atom stereocenters. The van der Waals surface area contributed by atoms with Gasteiger partial charge in [-0.05, 0) is 25.7 Å². The average molecular weight is 341 g/mol. The number of rotatable bonds is 1. The summed E-state index contributed by atoms with van der Waals surface area (Å²) in [5.74, 6) is 1.70. The largest absolute Gasteiger partial charge is 0.448 e. The molecule has 0 aromatic heterocycles. The van der Waals surface area contributed by atoms with Crippen molar-refractivity contribution in [3.05, 3.63) is 11.6 Å². The summed E-state index contributed by atoms with van der Waals surface area (Å²) in [7, 11) is 0. The highest BCUT2D eigenvalue weighted by Gasteiger charge is 2.49. The van der Waals surface area contributed by atoms with Crippen molar-refractivity contribution in [3.63, 3.8) is 0 Å². The lowest BCUT2D eigenvalue weighted by molar-refractivity contribution is -0.110. The zero-order chi connectivity index (χ0) is 16.9. The van der Waals surface area contributed by atoms with Crippen molar-refractivity contribution in [2.24, 2.45) is 0 Å². The summed E-state index contributed by atoms with van der Waals surface area (Å²) in [5, 5.41) is 9.34. The third kappa shape index (κ3) is 2.34. The first-order valence-corrected chi connectivity index (χ1v) is 9.56. The lowest BCUT2D eigenvalue weighted by Gasteiger charge is -2.32. The number of ether oxygens (including phenoxy) is 4. The van der Waals surface area contributed by atoms with Gasteiger partial charge in [-0.25, -0.2) is 0 Å². The summed E-state index contributed by atoms with van der Waals surface area (Å²) in [6, 6.07) is 4.17. The van der Waals surface area contributed by atoms with Crippen LogP contribution in [0.3, 0.4) is 0 Å². The summed E-state index contributed by atoms with van der Waals surface area (Å²) < 4.78 is 25.1. The van der Waals surface area contributed by atoms with E-state index in [1.54, 1.807) is 0 Å². The second kappa shape index (κ2) is 5.45. The third-order valence-corrected chi connectivity index (χ3v) is 5.91. The summed E-state index contributed by atoms with van der Waals surface area (Å²) in [5.41, 5.74) is 0.792. The SMILES string of the molecule is N#CCc1c2c(cc3c1OC1(CCCCC1)O3)OC1(CCCCC1)O2. The van der Waals surface area contributed by atoms with E-state index in [1.165, 1.54) is 12.8 Å². The molecule has 1 aromatic carbocycles. The van der Waals surface area contributed by atoms with Gasteiger partial charge in [0, 0.05) is 31.7 Å². The Bertz CT molecular complexity index is 687. The van der Waals surface area contributed by atoms with Crippen molar-refractivity contribution in [2.75, 3.05) is 0 Å². The number of nitrogens with zero attached hydrogens (tertiary/aromatic N) is 1. The second-order valence-electron chi connectivity index (χ2n) is 7.70. The van der Waals surface area contributed by atoms with Crippen molar-refractivity contribution in [2.45, 2.75) is 82.2 Å². The van der Waals surface area contributed by atoms with Gasteiger partial charge in [-0.1, -0.05) is 12.8 Å². The van der Waals surface area contributed by atoms with Gasteiger partial charge in [-0.15, -0.1) is 0 Å². The molecule has 132 valence electrons. The van der Waals surface area contributed by atoms with Crippen molar-refractivity contribution in [1.29, 1.82) is 5.26 Å². The minimum absolute atomic E-state index is 0.240. The number of fused-ring (bicyclic) bond motifs is 2. The fraction of sp³-hybridized carbons (Fsp3) is 0.650. The maximum atomic E-state index is 9.34. The number of benzene rings is 1. The van der Waals surface area contributed by atoms with E-state index in [1.807, 2.05) is 6.07 Å². The molecule has 0 saturated heterocycles. The van der Waals surface area contributed by atoms with Gasteiger partial charge >= 0.3 is 0 Å². The Hall–Kier alpha value is -2.09. The Balaban J connectivity index is 1.53. The predicted molar refractivity (Wildman–Crippen MR) is 89.9 cm³/mol. The van der Waals surface area contributed by atoms with Gasteiger partial charge in [0.15, 0.2) is 23.0 Å². The van der Waals surface area contributed by atoms with Crippen LogP contribution < -0.4 is 18.9 Å². The Morgan fingerprint density at radius 1 is 0.760 bits per heavy atom. The summed E-state index contributed by atoms with van der Waals surface area (Å²) >= 11 is 0. The summed E-state index contributed by atoms with van der Waals surface area (Å²) in [6.45, 7) is 0. The fourth-order valence-electron chi connectivity index (χ4n) is 4.67. The minimum Gasteiger partial charge on any atom is -0.448 e. The van der Waals surface area contributed by atoms with Crippen molar-refractivity contribution in [1.82, 2.24) is 0 Å². The van der Waals surface area contributed by atoms with Crippen LogP contribution in [0.2, 0.25) is 0 Å². The van der Waals surface area contributed by atoms with Gasteiger partial charge in [0.05, 0.1) is 18.1 Å². The van der Waals surface area contributed by atoms with E-state index >= 15 is 0 Å². The van der Waals surface area contributed by atoms with Crippen LogP contribution in [0.15, 0.2) is 6.07 Å². The molecule has 4 aliphatic rings. The van der Waals surface area contributed by atoms with Crippen LogP contribution in [-0.2, 0) is 6.42 Å². The zero-order valence-electron chi connectivity index (χ0n) is 14.4. The molecular weight excluding hydrogens is 318 g/mol. The molecule has 2 heterocycles. The van der Waals surface area contributed by atoms with Gasteiger partial charge in [0.1, 0.15) is 0 Å². The minimum atomic E-state index is -0.553. The third-order valence-electron chi connectivity index (χ3n) is 5.91. The standard InChI is InChI=1S/C20H23NO4/c21-12-7-14-17-15(22-19(24-17)8-3-1-4-9-19)13-16-18(14)25-20(23-16)10-5-2-6-11-20/h13H,1-11H2. The van der Waals surface area contributed by atoms with Gasteiger partial charge in [0.2, 0.25) is 0 Å². The summed E-state index contributed by atoms with van der Waals surface area (Å²) in [4.78, 5) is 0. The molecule has 2 aliphatic heterocycles.